The van der Waals surface area contributed by atoms with E-state index in [4.69, 9.17) is 5.73 Å². The summed E-state index contributed by atoms with van der Waals surface area (Å²) in [7, 11) is 0. The summed E-state index contributed by atoms with van der Waals surface area (Å²) in [6, 6.07) is 1.86. The van der Waals surface area contributed by atoms with E-state index in [0.29, 0.717) is 21.1 Å². The first kappa shape index (κ1) is 13.7. The molecular formula is C12H16BrN3OS. The molecule has 1 amide bonds. The van der Waals surface area contributed by atoms with Gasteiger partial charge in [-0.1, -0.05) is 6.42 Å². The quantitative estimate of drug-likeness (QED) is 0.893. The Hall–Kier alpha value is -0.750. The molecule has 1 aliphatic rings. The standard InChI is InChI=1S/C12H16BrN3OS/c1-18-10-4-2-3-9(10)16-12(17)7-5-11(14)15-6-8(7)13/h5-6,9-10H,2-4H2,1H3,(H2,14,15)(H,16,17). The van der Waals surface area contributed by atoms with Crippen molar-refractivity contribution in [1.29, 1.82) is 0 Å². The molecule has 0 radical (unpaired) electrons. The first-order chi connectivity index (χ1) is 8.61. The molecule has 1 aromatic heterocycles. The monoisotopic (exact) mass is 329 g/mol. The topological polar surface area (TPSA) is 68.0 Å². The number of thioether (sulfide) groups is 1. The number of carbonyl (C=O) groups is 1. The van der Waals surface area contributed by atoms with E-state index >= 15 is 0 Å². The number of carbonyl (C=O) groups excluding carboxylic acids is 1. The maximum atomic E-state index is 12.2. The first-order valence-corrected chi connectivity index (χ1v) is 7.94. The Bertz CT molecular complexity index is 455. The van der Waals surface area contributed by atoms with E-state index in [2.05, 4.69) is 32.5 Å². The van der Waals surface area contributed by atoms with E-state index < -0.39 is 0 Å². The fraction of sp³-hybridized carbons (Fsp3) is 0.500. The second kappa shape index (κ2) is 5.93. The van der Waals surface area contributed by atoms with Gasteiger partial charge < -0.3 is 11.1 Å². The highest BCUT2D eigenvalue weighted by Gasteiger charge is 2.28. The van der Waals surface area contributed by atoms with Gasteiger partial charge in [-0.2, -0.15) is 11.8 Å². The summed E-state index contributed by atoms with van der Waals surface area (Å²) in [5.74, 6) is 0.276. The van der Waals surface area contributed by atoms with E-state index in [0.717, 1.165) is 6.42 Å². The third-order valence-electron chi connectivity index (χ3n) is 3.19. The number of nitrogen functional groups attached to an aromatic ring is 1. The third kappa shape index (κ3) is 2.98. The van der Waals surface area contributed by atoms with Crippen molar-refractivity contribution in [2.75, 3.05) is 12.0 Å². The third-order valence-corrected chi connectivity index (χ3v) is 4.99. The summed E-state index contributed by atoms with van der Waals surface area (Å²) in [5, 5.41) is 3.61. The number of rotatable bonds is 3. The number of amides is 1. The van der Waals surface area contributed by atoms with Crippen LogP contribution in [0.4, 0.5) is 5.82 Å². The average Bonchev–Trinajstić information content (AvgIpc) is 2.79. The Morgan fingerprint density at radius 2 is 2.39 bits per heavy atom. The van der Waals surface area contributed by atoms with Crippen LogP contribution < -0.4 is 11.1 Å². The summed E-state index contributed by atoms with van der Waals surface area (Å²) in [4.78, 5) is 16.1. The van der Waals surface area contributed by atoms with Crippen LogP contribution in [0.25, 0.3) is 0 Å². The first-order valence-electron chi connectivity index (χ1n) is 5.86. The second-order valence-electron chi connectivity index (χ2n) is 4.37. The van der Waals surface area contributed by atoms with Gasteiger partial charge in [-0.3, -0.25) is 4.79 Å². The van der Waals surface area contributed by atoms with Crippen LogP contribution in [0.2, 0.25) is 0 Å². The van der Waals surface area contributed by atoms with Crippen molar-refractivity contribution >= 4 is 39.4 Å². The predicted molar refractivity (Wildman–Crippen MR) is 78.8 cm³/mol. The minimum Gasteiger partial charge on any atom is -0.384 e. The number of halogens is 1. The van der Waals surface area contributed by atoms with Crippen molar-refractivity contribution in [3.8, 4) is 0 Å². The predicted octanol–water partition coefficient (Wildman–Crippen LogP) is 2.44. The SMILES string of the molecule is CSC1CCCC1NC(=O)c1cc(N)ncc1Br. The van der Waals surface area contributed by atoms with Crippen molar-refractivity contribution in [2.45, 2.75) is 30.6 Å². The van der Waals surface area contributed by atoms with Crippen LogP contribution in [-0.4, -0.2) is 28.4 Å². The van der Waals surface area contributed by atoms with E-state index in [-0.39, 0.29) is 11.9 Å². The largest absolute Gasteiger partial charge is 0.384 e. The smallest absolute Gasteiger partial charge is 0.252 e. The number of pyridine rings is 1. The van der Waals surface area contributed by atoms with Crippen molar-refractivity contribution in [2.24, 2.45) is 0 Å². The normalized spacial score (nSPS) is 23.0. The molecule has 4 nitrogen and oxygen atoms in total. The Kier molecular flexibility index (Phi) is 4.50. The molecule has 2 rings (SSSR count). The molecule has 0 bridgehead atoms. The highest BCUT2D eigenvalue weighted by atomic mass is 79.9. The number of hydrogen-bond donors (Lipinski definition) is 2. The van der Waals surface area contributed by atoms with Crippen LogP contribution in [0, 0.1) is 0 Å². The summed E-state index contributed by atoms with van der Waals surface area (Å²) >= 11 is 5.15. The van der Waals surface area contributed by atoms with Crippen LogP contribution in [0.1, 0.15) is 29.6 Å². The number of nitrogens with one attached hydrogen (secondary N) is 1. The van der Waals surface area contributed by atoms with Gasteiger partial charge in [0.25, 0.3) is 5.91 Å². The Labute approximate surface area is 119 Å². The zero-order chi connectivity index (χ0) is 13.1. The lowest BCUT2D eigenvalue weighted by Gasteiger charge is -2.19. The van der Waals surface area contributed by atoms with E-state index in [1.807, 2.05) is 11.8 Å². The van der Waals surface area contributed by atoms with Gasteiger partial charge in [0.1, 0.15) is 5.82 Å². The molecular weight excluding hydrogens is 314 g/mol. The fourth-order valence-corrected chi connectivity index (χ4v) is 3.58. The number of anilines is 1. The van der Waals surface area contributed by atoms with Crippen molar-refractivity contribution in [3.63, 3.8) is 0 Å². The molecule has 18 heavy (non-hydrogen) atoms. The molecule has 2 unspecified atom stereocenters. The van der Waals surface area contributed by atoms with Crippen LogP contribution in [0.15, 0.2) is 16.7 Å². The lowest BCUT2D eigenvalue weighted by Crippen LogP contribution is -2.38. The zero-order valence-corrected chi connectivity index (χ0v) is 12.6. The molecule has 3 N–H and O–H groups in total. The highest BCUT2D eigenvalue weighted by molar-refractivity contribution is 9.10. The van der Waals surface area contributed by atoms with E-state index in [9.17, 15) is 4.79 Å². The van der Waals surface area contributed by atoms with Crippen LogP contribution >= 0.6 is 27.7 Å². The van der Waals surface area contributed by atoms with Gasteiger partial charge in [-0.15, -0.1) is 0 Å². The number of nitrogens with zero attached hydrogens (tertiary/aromatic N) is 1. The van der Waals surface area contributed by atoms with Crippen LogP contribution in [-0.2, 0) is 0 Å². The number of nitrogens with two attached hydrogens (primary N) is 1. The fourth-order valence-electron chi connectivity index (χ4n) is 2.25. The Morgan fingerprint density at radius 1 is 1.61 bits per heavy atom. The minimum atomic E-state index is -0.0816. The summed E-state index contributed by atoms with van der Waals surface area (Å²) < 4.78 is 0.674. The highest BCUT2D eigenvalue weighted by Crippen LogP contribution is 2.29. The van der Waals surface area contributed by atoms with Gasteiger partial charge >= 0.3 is 0 Å². The molecule has 1 aromatic rings. The van der Waals surface area contributed by atoms with Crippen molar-refractivity contribution in [3.05, 3.63) is 22.3 Å². The van der Waals surface area contributed by atoms with Gasteiger partial charge in [0.05, 0.1) is 5.56 Å². The molecule has 98 valence electrons. The lowest BCUT2D eigenvalue weighted by molar-refractivity contribution is 0.0938. The molecule has 0 aromatic carbocycles. The number of hydrogen-bond acceptors (Lipinski definition) is 4. The summed E-state index contributed by atoms with van der Waals surface area (Å²) in [5.41, 5.74) is 6.16. The maximum Gasteiger partial charge on any atom is 0.252 e. The Morgan fingerprint density at radius 3 is 3.11 bits per heavy atom. The zero-order valence-electron chi connectivity index (χ0n) is 10.1. The molecule has 1 aliphatic carbocycles. The molecule has 2 atom stereocenters. The van der Waals surface area contributed by atoms with Crippen LogP contribution in [0.5, 0.6) is 0 Å². The van der Waals surface area contributed by atoms with Gasteiger partial charge in [0.15, 0.2) is 0 Å². The molecule has 0 aliphatic heterocycles. The average molecular weight is 330 g/mol. The van der Waals surface area contributed by atoms with E-state index in [1.165, 1.54) is 12.8 Å². The Balaban J connectivity index is 2.09. The molecule has 1 fully saturated rings. The molecule has 1 saturated carbocycles. The van der Waals surface area contributed by atoms with Gasteiger partial charge in [0, 0.05) is 22.0 Å². The van der Waals surface area contributed by atoms with Crippen LogP contribution in [0.3, 0.4) is 0 Å². The molecule has 1 heterocycles. The molecule has 6 heteroatoms. The van der Waals surface area contributed by atoms with Crippen molar-refractivity contribution < 1.29 is 4.79 Å². The van der Waals surface area contributed by atoms with Gasteiger partial charge in [0.2, 0.25) is 0 Å². The summed E-state index contributed by atoms with van der Waals surface area (Å²) in [6.07, 6.45) is 7.05. The molecule has 0 saturated heterocycles. The number of aromatic nitrogens is 1. The van der Waals surface area contributed by atoms with Crippen molar-refractivity contribution in [1.82, 2.24) is 10.3 Å². The summed E-state index contributed by atoms with van der Waals surface area (Å²) in [6.45, 7) is 0. The maximum absolute atomic E-state index is 12.2. The molecule has 0 spiro atoms. The lowest BCUT2D eigenvalue weighted by atomic mass is 10.2. The van der Waals surface area contributed by atoms with E-state index in [1.54, 1.807) is 12.3 Å². The van der Waals surface area contributed by atoms with Gasteiger partial charge in [-0.25, -0.2) is 4.98 Å². The minimum absolute atomic E-state index is 0.0816. The van der Waals surface area contributed by atoms with Gasteiger partial charge in [-0.05, 0) is 41.1 Å². The second-order valence-corrected chi connectivity index (χ2v) is 6.31.